The Labute approximate surface area is 130 Å². The predicted molar refractivity (Wildman–Crippen MR) is 66.6 cm³/mol. The molecule has 0 aliphatic heterocycles. The van der Waals surface area contributed by atoms with Gasteiger partial charge in [0.1, 0.15) is 5.75 Å². The number of nitrogens with zero attached hydrogens (tertiary/aromatic N) is 2. The third-order valence-electron chi connectivity index (χ3n) is 2.68. The van der Waals surface area contributed by atoms with E-state index in [-0.39, 0.29) is 38.5 Å². The Morgan fingerprint density at radius 2 is 1.61 bits per heavy atom. The summed E-state index contributed by atoms with van der Waals surface area (Å²) in [5.41, 5.74) is 2.45. The van der Waals surface area contributed by atoms with Gasteiger partial charge in [0.25, 0.3) is 0 Å². The van der Waals surface area contributed by atoms with E-state index in [1.165, 1.54) is 0 Å². The van der Waals surface area contributed by atoms with Crippen molar-refractivity contribution in [2.75, 3.05) is 0 Å². The maximum Gasteiger partial charge on any atom is 0.125 e. The zero-order chi connectivity index (χ0) is 11.7. The van der Waals surface area contributed by atoms with Crippen LogP contribution in [0.15, 0.2) is 54.6 Å². The summed E-state index contributed by atoms with van der Waals surface area (Å²) >= 11 is 0. The maximum absolute atomic E-state index is 9.77. The van der Waals surface area contributed by atoms with Gasteiger partial charge in [0, 0.05) is 43.7 Å². The third kappa shape index (κ3) is 2.42. The summed E-state index contributed by atoms with van der Waals surface area (Å²) in [5, 5.41) is 18.8. The molecule has 2 aromatic carbocycles. The molecule has 1 aromatic heterocycles. The molecule has 0 unspecified atom stereocenters. The maximum atomic E-state index is 9.77. The van der Waals surface area contributed by atoms with Crippen LogP contribution in [0.5, 0.6) is 5.75 Å². The van der Waals surface area contributed by atoms with Gasteiger partial charge in [0.15, 0.2) is 0 Å². The normalized spacial score (nSPS) is 10.0. The standard InChI is InChI=1S/C14H10N2O.Y/c17-14-8-4-7-12-11(14)9-13(16-15-12)10-5-2-1-3-6-10;/h1-9,17H;. The molecule has 18 heavy (non-hydrogen) atoms. The van der Waals surface area contributed by atoms with Crippen molar-refractivity contribution >= 4 is 10.9 Å². The second-order valence-electron chi connectivity index (χ2n) is 3.81. The average molecular weight is 311 g/mol. The zero-order valence-corrected chi connectivity index (χ0v) is 12.5. The van der Waals surface area contributed by atoms with Crippen LogP contribution in [0.4, 0.5) is 0 Å². The van der Waals surface area contributed by atoms with E-state index in [0.29, 0.717) is 5.52 Å². The van der Waals surface area contributed by atoms with Crippen molar-refractivity contribution in [3.63, 3.8) is 0 Å². The Bertz CT molecular complexity index is 671. The largest absolute Gasteiger partial charge is 0.507 e. The van der Waals surface area contributed by atoms with E-state index in [0.717, 1.165) is 16.6 Å². The quantitative estimate of drug-likeness (QED) is 0.751. The Kier molecular flexibility index (Phi) is 4.05. The van der Waals surface area contributed by atoms with Crippen molar-refractivity contribution in [2.24, 2.45) is 0 Å². The average Bonchev–Trinajstić information content (AvgIpc) is 2.40. The minimum absolute atomic E-state index is 0. The number of hydrogen-bond acceptors (Lipinski definition) is 3. The van der Waals surface area contributed by atoms with E-state index in [4.69, 9.17) is 0 Å². The molecule has 0 bridgehead atoms. The summed E-state index contributed by atoms with van der Waals surface area (Å²) in [6, 6.07) is 16.9. The fourth-order valence-electron chi connectivity index (χ4n) is 1.80. The summed E-state index contributed by atoms with van der Waals surface area (Å²) in [7, 11) is 0. The second kappa shape index (κ2) is 5.55. The monoisotopic (exact) mass is 311 g/mol. The first kappa shape index (κ1) is 13.1. The van der Waals surface area contributed by atoms with Gasteiger partial charge in [-0.1, -0.05) is 36.4 Å². The summed E-state index contributed by atoms with van der Waals surface area (Å²) in [5.74, 6) is 0.231. The molecular formula is C14H10N2OY. The molecule has 4 heteroatoms. The fourth-order valence-corrected chi connectivity index (χ4v) is 1.80. The minimum atomic E-state index is 0. The van der Waals surface area contributed by atoms with Crippen molar-refractivity contribution in [3.05, 3.63) is 54.6 Å². The van der Waals surface area contributed by atoms with Crippen molar-refractivity contribution in [1.29, 1.82) is 0 Å². The van der Waals surface area contributed by atoms with Crippen LogP contribution >= 0.6 is 0 Å². The van der Waals surface area contributed by atoms with Crippen molar-refractivity contribution in [3.8, 4) is 17.0 Å². The van der Waals surface area contributed by atoms with Crippen LogP contribution in [-0.2, 0) is 32.7 Å². The van der Waals surface area contributed by atoms with E-state index in [2.05, 4.69) is 10.2 Å². The second-order valence-corrected chi connectivity index (χ2v) is 3.81. The van der Waals surface area contributed by atoms with Crippen LogP contribution in [0.2, 0.25) is 0 Å². The molecule has 0 aliphatic carbocycles. The van der Waals surface area contributed by atoms with Gasteiger partial charge in [0.05, 0.1) is 11.2 Å². The van der Waals surface area contributed by atoms with Gasteiger partial charge in [-0.3, -0.25) is 0 Å². The SMILES string of the molecule is Oc1cccc2nnc(-c3ccccc3)cc12.[Y]. The van der Waals surface area contributed by atoms with E-state index < -0.39 is 0 Å². The molecule has 85 valence electrons. The zero-order valence-electron chi connectivity index (χ0n) is 9.62. The van der Waals surface area contributed by atoms with Gasteiger partial charge < -0.3 is 5.11 Å². The topological polar surface area (TPSA) is 46.0 Å². The molecule has 0 aliphatic rings. The molecule has 1 N–H and O–H groups in total. The summed E-state index contributed by atoms with van der Waals surface area (Å²) in [6.45, 7) is 0. The van der Waals surface area contributed by atoms with E-state index >= 15 is 0 Å². The van der Waals surface area contributed by atoms with Crippen molar-refractivity contribution in [2.45, 2.75) is 0 Å². The van der Waals surface area contributed by atoms with E-state index in [1.807, 2.05) is 42.5 Å². The predicted octanol–water partition coefficient (Wildman–Crippen LogP) is 3.00. The summed E-state index contributed by atoms with van der Waals surface area (Å²) in [4.78, 5) is 0. The molecule has 0 saturated carbocycles. The number of aromatic nitrogens is 2. The molecule has 1 heterocycles. The molecule has 3 nitrogen and oxygen atoms in total. The third-order valence-corrected chi connectivity index (χ3v) is 2.68. The van der Waals surface area contributed by atoms with E-state index in [9.17, 15) is 5.11 Å². The summed E-state index contributed by atoms with van der Waals surface area (Å²) in [6.07, 6.45) is 0. The molecule has 1 radical (unpaired) electrons. The first-order valence-corrected chi connectivity index (χ1v) is 5.35. The molecule has 0 amide bonds. The van der Waals surface area contributed by atoms with Crippen LogP contribution in [0.1, 0.15) is 0 Å². The van der Waals surface area contributed by atoms with Crippen LogP contribution in [0.3, 0.4) is 0 Å². The summed E-state index contributed by atoms with van der Waals surface area (Å²) < 4.78 is 0. The Morgan fingerprint density at radius 1 is 0.833 bits per heavy atom. The number of aromatic hydroxyl groups is 1. The smallest absolute Gasteiger partial charge is 0.125 e. The van der Waals surface area contributed by atoms with Gasteiger partial charge in [-0.25, -0.2) is 0 Å². The van der Waals surface area contributed by atoms with Crippen LogP contribution in [0.25, 0.3) is 22.2 Å². The van der Waals surface area contributed by atoms with Gasteiger partial charge in [-0.15, -0.1) is 10.2 Å². The fraction of sp³-hybridized carbons (Fsp3) is 0. The molecule has 3 rings (SSSR count). The Morgan fingerprint density at radius 3 is 2.39 bits per heavy atom. The number of phenolic OH excluding ortho intramolecular Hbond substituents is 1. The first-order chi connectivity index (χ1) is 8.34. The first-order valence-electron chi connectivity index (χ1n) is 5.35. The molecule has 0 fully saturated rings. The van der Waals surface area contributed by atoms with Gasteiger partial charge >= 0.3 is 0 Å². The Balaban J connectivity index is 0.00000120. The number of rotatable bonds is 1. The molecule has 0 saturated heterocycles. The molecular weight excluding hydrogens is 301 g/mol. The van der Waals surface area contributed by atoms with Crippen molar-refractivity contribution < 1.29 is 37.8 Å². The van der Waals surface area contributed by atoms with Gasteiger partial charge in [-0.2, -0.15) is 0 Å². The minimum Gasteiger partial charge on any atom is -0.507 e. The van der Waals surface area contributed by atoms with Crippen LogP contribution in [-0.4, -0.2) is 15.3 Å². The van der Waals surface area contributed by atoms with Crippen molar-refractivity contribution in [1.82, 2.24) is 10.2 Å². The number of benzene rings is 2. The number of hydrogen-bond donors (Lipinski definition) is 1. The van der Waals surface area contributed by atoms with E-state index in [1.54, 1.807) is 12.1 Å². The Hall–Kier alpha value is -1.32. The number of phenols is 1. The van der Waals surface area contributed by atoms with Crippen LogP contribution < -0.4 is 0 Å². The van der Waals surface area contributed by atoms with Crippen LogP contribution in [0, 0.1) is 0 Å². The molecule has 0 spiro atoms. The molecule has 3 aromatic rings. The van der Waals surface area contributed by atoms with Gasteiger partial charge in [-0.05, 0) is 18.2 Å². The molecule has 0 atom stereocenters. The van der Waals surface area contributed by atoms with Gasteiger partial charge in [0.2, 0.25) is 0 Å². The number of fused-ring (bicyclic) bond motifs is 1.